The predicted molar refractivity (Wildman–Crippen MR) is 68.0 cm³/mol. The highest BCUT2D eigenvalue weighted by Crippen LogP contribution is 1.90. The van der Waals surface area contributed by atoms with Crippen LogP contribution in [0.3, 0.4) is 0 Å². The zero-order valence-electron chi connectivity index (χ0n) is 10.9. The van der Waals surface area contributed by atoms with Gasteiger partial charge in [-0.1, -0.05) is 0 Å². The zero-order valence-corrected chi connectivity index (χ0v) is 10.9. The molecule has 0 aromatic rings. The van der Waals surface area contributed by atoms with Crippen molar-refractivity contribution in [2.45, 2.75) is 0 Å². The van der Waals surface area contributed by atoms with Crippen LogP contribution in [0.4, 0.5) is 0 Å². The molecule has 116 valence electrons. The van der Waals surface area contributed by atoms with Crippen LogP contribution in [0.5, 0.6) is 0 Å². The van der Waals surface area contributed by atoms with Gasteiger partial charge in [-0.05, 0) is 0 Å². The highest BCUT2D eigenvalue weighted by Gasteiger charge is 2.08. The number of carbonyl (C=O) groups is 6. The third-order valence-corrected chi connectivity index (χ3v) is 1.53. The van der Waals surface area contributed by atoms with Crippen LogP contribution < -0.4 is 11.5 Å². The molecule has 0 aliphatic carbocycles. The van der Waals surface area contributed by atoms with E-state index in [0.29, 0.717) is 36.5 Å². The summed E-state index contributed by atoms with van der Waals surface area (Å²) in [5.74, 6) is -6.74. The van der Waals surface area contributed by atoms with Gasteiger partial charge in [0, 0.05) is 36.5 Å². The van der Waals surface area contributed by atoms with Crippen LogP contribution >= 0.6 is 0 Å². The smallest absolute Gasteiger partial charge is 0.338 e. The molecule has 0 heterocycles. The first-order valence-electron chi connectivity index (χ1n) is 5.35. The van der Waals surface area contributed by atoms with Gasteiger partial charge in [0.15, 0.2) is 0 Å². The molecule has 0 unspecified atom stereocenters. The van der Waals surface area contributed by atoms with Gasteiger partial charge in [-0.15, -0.1) is 0 Å². The van der Waals surface area contributed by atoms with Crippen LogP contribution in [0.1, 0.15) is 0 Å². The fourth-order valence-electron chi connectivity index (χ4n) is 0.771. The molecule has 0 spiro atoms. The molecule has 10 nitrogen and oxygen atoms in total. The van der Waals surface area contributed by atoms with E-state index in [1.807, 2.05) is 0 Å². The lowest BCUT2D eigenvalue weighted by Gasteiger charge is -1.95. The number of nitrogens with two attached hydrogens (primary N) is 2. The number of primary amides is 2. The normalized spacial score (nSPS) is 10.7. The zero-order chi connectivity index (χ0) is 17.1. The molecular formula is C12H10N2O8. The first kappa shape index (κ1) is 18.4. The van der Waals surface area contributed by atoms with Crippen molar-refractivity contribution < 1.29 is 38.2 Å². The van der Waals surface area contributed by atoms with Crippen molar-refractivity contribution in [2.75, 3.05) is 0 Å². The SMILES string of the molecule is NC(=O)/C=C\C(=O)OC(=O)/C=C\C(=O)OC(=O)/C=C\C(N)=O. The number of amides is 2. The molecular weight excluding hydrogens is 300 g/mol. The third kappa shape index (κ3) is 10.4. The maximum Gasteiger partial charge on any atom is 0.338 e. The monoisotopic (exact) mass is 310 g/mol. The molecule has 22 heavy (non-hydrogen) atoms. The minimum atomic E-state index is -1.25. The van der Waals surface area contributed by atoms with E-state index >= 15 is 0 Å². The second-order valence-electron chi connectivity index (χ2n) is 3.29. The van der Waals surface area contributed by atoms with Crippen LogP contribution in [0.25, 0.3) is 0 Å². The van der Waals surface area contributed by atoms with Crippen molar-refractivity contribution in [3.63, 3.8) is 0 Å². The summed E-state index contributed by atoms with van der Waals surface area (Å²) in [6.45, 7) is 0. The molecule has 0 atom stereocenters. The van der Waals surface area contributed by atoms with E-state index in [1.165, 1.54) is 0 Å². The van der Waals surface area contributed by atoms with Crippen molar-refractivity contribution in [1.82, 2.24) is 0 Å². The topological polar surface area (TPSA) is 173 Å². The molecule has 0 saturated carbocycles. The van der Waals surface area contributed by atoms with Gasteiger partial charge in [-0.2, -0.15) is 0 Å². The van der Waals surface area contributed by atoms with Crippen LogP contribution in [-0.4, -0.2) is 35.7 Å². The fraction of sp³-hybridized carbons (Fsp3) is 0. The minimum Gasteiger partial charge on any atom is -0.387 e. The van der Waals surface area contributed by atoms with Gasteiger partial charge in [0.1, 0.15) is 0 Å². The summed E-state index contributed by atoms with van der Waals surface area (Å²) in [4.78, 5) is 64.6. The van der Waals surface area contributed by atoms with Crippen molar-refractivity contribution >= 4 is 35.7 Å². The summed E-state index contributed by atoms with van der Waals surface area (Å²) in [6.07, 6.45) is 3.54. The van der Waals surface area contributed by atoms with Gasteiger partial charge < -0.3 is 20.9 Å². The molecule has 0 bridgehead atoms. The molecule has 0 rings (SSSR count). The van der Waals surface area contributed by atoms with E-state index in [0.717, 1.165) is 0 Å². The van der Waals surface area contributed by atoms with Crippen LogP contribution in [0, 0.1) is 0 Å². The van der Waals surface area contributed by atoms with Crippen molar-refractivity contribution in [3.8, 4) is 0 Å². The van der Waals surface area contributed by atoms with Gasteiger partial charge in [0.05, 0.1) is 0 Å². The number of hydrogen-bond donors (Lipinski definition) is 2. The Morgan fingerprint density at radius 1 is 0.500 bits per heavy atom. The summed E-state index contributed by atoms with van der Waals surface area (Å²) >= 11 is 0. The molecule has 2 amide bonds. The Morgan fingerprint density at radius 3 is 0.955 bits per heavy atom. The number of carbonyl (C=O) groups excluding carboxylic acids is 6. The average molecular weight is 310 g/mol. The third-order valence-electron chi connectivity index (χ3n) is 1.53. The highest BCUT2D eigenvalue weighted by atomic mass is 16.6. The molecule has 0 radical (unpaired) electrons. The predicted octanol–water partition coefficient (Wildman–Crippen LogP) is -2.23. The van der Waals surface area contributed by atoms with Gasteiger partial charge in [0.2, 0.25) is 11.8 Å². The second-order valence-corrected chi connectivity index (χ2v) is 3.29. The molecule has 0 aliphatic rings. The molecule has 0 aliphatic heterocycles. The molecule has 10 heteroatoms. The van der Waals surface area contributed by atoms with Gasteiger partial charge in [0.25, 0.3) is 0 Å². The second kappa shape index (κ2) is 9.36. The van der Waals surface area contributed by atoms with Crippen molar-refractivity contribution in [1.29, 1.82) is 0 Å². The Kier molecular flexibility index (Phi) is 7.85. The minimum absolute atomic E-state index is 0.503. The molecule has 0 aromatic heterocycles. The Balaban J connectivity index is 4.35. The maximum atomic E-state index is 11.1. The first-order chi connectivity index (χ1) is 10.2. The quantitative estimate of drug-likeness (QED) is 0.315. The number of hydrogen-bond acceptors (Lipinski definition) is 8. The highest BCUT2D eigenvalue weighted by molar-refractivity contribution is 6.03. The Bertz CT molecular complexity index is 548. The van der Waals surface area contributed by atoms with Gasteiger partial charge >= 0.3 is 23.9 Å². The van der Waals surface area contributed by atoms with E-state index < -0.39 is 35.7 Å². The lowest BCUT2D eigenvalue weighted by Crippen LogP contribution is -2.12. The van der Waals surface area contributed by atoms with Crippen LogP contribution in [0.2, 0.25) is 0 Å². The number of esters is 4. The maximum absolute atomic E-state index is 11.1. The molecule has 0 fully saturated rings. The van der Waals surface area contributed by atoms with E-state index in [-0.39, 0.29) is 0 Å². The summed E-state index contributed by atoms with van der Waals surface area (Å²) in [5, 5.41) is 0. The Hall–Kier alpha value is -3.56. The van der Waals surface area contributed by atoms with E-state index in [4.69, 9.17) is 11.5 Å². The summed E-state index contributed by atoms with van der Waals surface area (Å²) in [6, 6.07) is 0. The summed E-state index contributed by atoms with van der Waals surface area (Å²) < 4.78 is 8.22. The number of rotatable bonds is 6. The van der Waals surface area contributed by atoms with Crippen LogP contribution in [-0.2, 0) is 38.2 Å². The first-order valence-corrected chi connectivity index (χ1v) is 5.35. The fourth-order valence-corrected chi connectivity index (χ4v) is 0.771. The summed E-state index contributed by atoms with van der Waals surface area (Å²) in [5.41, 5.74) is 9.40. The van der Waals surface area contributed by atoms with Crippen LogP contribution in [0.15, 0.2) is 36.5 Å². The molecule has 0 saturated heterocycles. The van der Waals surface area contributed by atoms with Crippen molar-refractivity contribution in [3.05, 3.63) is 36.5 Å². The van der Waals surface area contributed by atoms with E-state index in [9.17, 15) is 28.8 Å². The average Bonchev–Trinajstić information content (AvgIpc) is 2.40. The summed E-state index contributed by atoms with van der Waals surface area (Å²) in [7, 11) is 0. The van der Waals surface area contributed by atoms with E-state index in [2.05, 4.69) is 9.47 Å². The number of ether oxygens (including phenoxy) is 2. The Labute approximate surface area is 123 Å². The Morgan fingerprint density at radius 2 is 0.727 bits per heavy atom. The molecule has 0 aromatic carbocycles. The van der Waals surface area contributed by atoms with Crippen molar-refractivity contribution in [2.24, 2.45) is 11.5 Å². The van der Waals surface area contributed by atoms with Gasteiger partial charge in [-0.25, -0.2) is 19.2 Å². The van der Waals surface area contributed by atoms with Gasteiger partial charge in [-0.3, -0.25) is 9.59 Å². The lowest BCUT2D eigenvalue weighted by atomic mass is 10.4. The molecule has 4 N–H and O–H groups in total. The standard InChI is InChI=1S/C12H10N2O8/c13-7(15)1-3-9(17)21-11(19)5-6-12(20)22-10(18)4-2-8(14)16/h1-6H,(H2,13,15)(H2,14,16)/b3-1-,4-2-,6-5-. The van der Waals surface area contributed by atoms with E-state index in [1.54, 1.807) is 0 Å². The largest absolute Gasteiger partial charge is 0.387 e. The lowest BCUT2D eigenvalue weighted by molar-refractivity contribution is -0.155.